The fourth-order valence-corrected chi connectivity index (χ4v) is 1.40. The van der Waals surface area contributed by atoms with Gasteiger partial charge >= 0.3 is 5.97 Å². The summed E-state index contributed by atoms with van der Waals surface area (Å²) in [5.74, 6) is -0.985. The van der Waals surface area contributed by atoms with Crippen LogP contribution in [-0.2, 0) is 11.3 Å². The average Bonchev–Trinajstić information content (AvgIpc) is 2.48. The van der Waals surface area contributed by atoms with Crippen molar-refractivity contribution in [2.24, 2.45) is 0 Å². The topological polar surface area (TPSA) is 59.4 Å². The normalized spacial score (nSPS) is 10.7. The van der Waals surface area contributed by atoms with Crippen LogP contribution in [0.3, 0.4) is 0 Å². The molecule has 0 aliphatic heterocycles. The Morgan fingerprint density at radius 1 is 1.77 bits per heavy atom. The number of aromatic carboxylic acids is 1. The lowest BCUT2D eigenvalue weighted by Gasteiger charge is -2.03. The molecule has 0 aliphatic rings. The molecule has 0 bridgehead atoms. The molecule has 0 saturated heterocycles. The summed E-state index contributed by atoms with van der Waals surface area (Å²) in [5.41, 5.74) is 0. The highest BCUT2D eigenvalue weighted by atomic mass is 32.1. The van der Waals surface area contributed by atoms with Gasteiger partial charge in [0.15, 0.2) is 0 Å². The third kappa shape index (κ3) is 3.12. The van der Waals surface area contributed by atoms with Crippen molar-refractivity contribution in [2.75, 3.05) is 0 Å². The Balaban J connectivity index is 2.54. The molecule has 5 heteroatoms. The molecule has 1 aromatic rings. The van der Waals surface area contributed by atoms with Crippen LogP contribution in [0.5, 0.6) is 0 Å². The highest BCUT2D eigenvalue weighted by Crippen LogP contribution is 2.14. The maximum absolute atomic E-state index is 10.5. The number of carboxylic acid groups (broad SMARTS) is 1. The van der Waals surface area contributed by atoms with Gasteiger partial charge in [-0.1, -0.05) is 0 Å². The number of nitrogens with zero attached hydrogens (tertiary/aromatic N) is 1. The molecule has 0 saturated carbocycles. The minimum absolute atomic E-state index is 0.113. The molecule has 0 aliphatic carbocycles. The van der Waals surface area contributed by atoms with Crippen molar-refractivity contribution >= 4 is 17.3 Å². The van der Waals surface area contributed by atoms with Crippen LogP contribution in [0.15, 0.2) is 6.20 Å². The summed E-state index contributed by atoms with van der Waals surface area (Å²) in [4.78, 5) is 15.0. The first kappa shape index (κ1) is 10.1. The van der Waals surface area contributed by atoms with E-state index in [2.05, 4.69) is 4.98 Å². The molecule has 4 nitrogen and oxygen atoms in total. The second-order valence-electron chi connectivity index (χ2n) is 2.80. The number of hydrogen-bond acceptors (Lipinski definition) is 4. The Morgan fingerprint density at radius 2 is 2.46 bits per heavy atom. The predicted octanol–water partition coefficient (Wildman–Crippen LogP) is 1.77. The summed E-state index contributed by atoms with van der Waals surface area (Å²) >= 11 is 1.15. The van der Waals surface area contributed by atoms with Crippen molar-refractivity contribution < 1.29 is 14.6 Å². The summed E-state index contributed by atoms with van der Waals surface area (Å²) in [7, 11) is 0. The van der Waals surface area contributed by atoms with E-state index in [1.165, 1.54) is 6.20 Å². The van der Waals surface area contributed by atoms with Gasteiger partial charge in [0.1, 0.15) is 0 Å². The zero-order chi connectivity index (χ0) is 9.84. The highest BCUT2D eigenvalue weighted by molar-refractivity contribution is 7.13. The van der Waals surface area contributed by atoms with Crippen molar-refractivity contribution in [3.8, 4) is 0 Å². The van der Waals surface area contributed by atoms with Crippen LogP contribution in [0.25, 0.3) is 0 Å². The van der Waals surface area contributed by atoms with Gasteiger partial charge in [-0.25, -0.2) is 9.78 Å². The standard InChI is InChI=1S/C8H11NO3S/c1-5(2)12-4-6-3-9-7(13-6)8(10)11/h3,5H,4H2,1-2H3,(H,10,11). The zero-order valence-electron chi connectivity index (χ0n) is 7.48. The molecular formula is C8H11NO3S. The van der Waals surface area contributed by atoms with E-state index in [0.717, 1.165) is 16.2 Å². The number of carboxylic acids is 1. The van der Waals surface area contributed by atoms with Gasteiger partial charge in [-0.05, 0) is 13.8 Å². The molecule has 0 unspecified atom stereocenters. The average molecular weight is 201 g/mol. The van der Waals surface area contributed by atoms with Crippen LogP contribution in [0, 0.1) is 0 Å². The number of aromatic nitrogens is 1. The van der Waals surface area contributed by atoms with Crippen LogP contribution in [0.1, 0.15) is 28.5 Å². The van der Waals surface area contributed by atoms with Gasteiger partial charge in [0.05, 0.1) is 17.6 Å². The van der Waals surface area contributed by atoms with Crippen molar-refractivity contribution in [3.63, 3.8) is 0 Å². The van der Waals surface area contributed by atoms with Crippen molar-refractivity contribution in [1.29, 1.82) is 0 Å². The predicted molar refractivity (Wildman–Crippen MR) is 49.0 cm³/mol. The second-order valence-corrected chi connectivity index (χ2v) is 3.91. The molecule has 0 amide bonds. The maximum atomic E-state index is 10.5. The van der Waals surface area contributed by atoms with Gasteiger partial charge in [0.25, 0.3) is 0 Å². The van der Waals surface area contributed by atoms with Crippen LogP contribution in [0.2, 0.25) is 0 Å². The molecule has 13 heavy (non-hydrogen) atoms. The van der Waals surface area contributed by atoms with Crippen molar-refractivity contribution in [1.82, 2.24) is 4.98 Å². The number of hydrogen-bond donors (Lipinski definition) is 1. The van der Waals surface area contributed by atoms with E-state index in [1.807, 2.05) is 13.8 Å². The number of carbonyl (C=O) groups is 1. The van der Waals surface area contributed by atoms with E-state index in [9.17, 15) is 4.79 Å². The summed E-state index contributed by atoms with van der Waals surface area (Å²) in [5, 5.41) is 8.70. The zero-order valence-corrected chi connectivity index (χ0v) is 8.30. The third-order valence-corrected chi connectivity index (χ3v) is 2.25. The van der Waals surface area contributed by atoms with E-state index < -0.39 is 5.97 Å². The van der Waals surface area contributed by atoms with E-state index in [-0.39, 0.29) is 11.1 Å². The molecule has 0 atom stereocenters. The molecule has 1 aromatic heterocycles. The van der Waals surface area contributed by atoms with Crippen molar-refractivity contribution in [2.45, 2.75) is 26.6 Å². The Labute approximate surface area is 80.2 Å². The molecule has 0 fully saturated rings. The Kier molecular flexibility index (Phi) is 3.39. The van der Waals surface area contributed by atoms with Gasteiger partial charge in [-0.3, -0.25) is 0 Å². The Bertz CT molecular complexity index is 295. The largest absolute Gasteiger partial charge is 0.476 e. The van der Waals surface area contributed by atoms with Gasteiger partial charge in [0, 0.05) is 6.20 Å². The monoisotopic (exact) mass is 201 g/mol. The first-order chi connectivity index (χ1) is 6.09. The molecule has 1 N–H and O–H groups in total. The lowest BCUT2D eigenvalue weighted by Crippen LogP contribution is -2.00. The van der Waals surface area contributed by atoms with E-state index in [4.69, 9.17) is 9.84 Å². The molecule has 1 heterocycles. The number of thiazole rings is 1. The molecule has 1 rings (SSSR count). The van der Waals surface area contributed by atoms with Gasteiger partial charge in [-0.15, -0.1) is 11.3 Å². The quantitative estimate of drug-likeness (QED) is 0.806. The van der Waals surface area contributed by atoms with E-state index in [1.54, 1.807) is 0 Å². The highest BCUT2D eigenvalue weighted by Gasteiger charge is 2.08. The van der Waals surface area contributed by atoms with Gasteiger partial charge < -0.3 is 9.84 Å². The minimum Gasteiger partial charge on any atom is -0.476 e. The molecule has 0 radical (unpaired) electrons. The van der Waals surface area contributed by atoms with E-state index in [0.29, 0.717) is 6.61 Å². The van der Waals surface area contributed by atoms with Crippen LogP contribution >= 0.6 is 11.3 Å². The molecule has 0 spiro atoms. The lowest BCUT2D eigenvalue weighted by molar-refractivity contribution is 0.0673. The SMILES string of the molecule is CC(C)OCc1cnc(C(=O)O)s1. The molecule has 72 valence electrons. The lowest BCUT2D eigenvalue weighted by atomic mass is 10.5. The van der Waals surface area contributed by atoms with Crippen LogP contribution in [0.4, 0.5) is 0 Å². The second kappa shape index (κ2) is 4.34. The maximum Gasteiger partial charge on any atom is 0.365 e. The minimum atomic E-state index is -0.985. The summed E-state index contributed by atoms with van der Waals surface area (Å²) in [6.45, 7) is 4.29. The first-order valence-corrected chi connectivity index (χ1v) is 4.71. The fraction of sp³-hybridized carbons (Fsp3) is 0.500. The Hall–Kier alpha value is -0.940. The summed E-state index contributed by atoms with van der Waals surface area (Å²) in [6, 6.07) is 0. The summed E-state index contributed by atoms with van der Waals surface area (Å²) < 4.78 is 5.30. The number of ether oxygens (including phenoxy) is 1. The molecular weight excluding hydrogens is 190 g/mol. The van der Waals surface area contributed by atoms with Crippen LogP contribution in [-0.4, -0.2) is 22.2 Å². The number of rotatable bonds is 4. The van der Waals surface area contributed by atoms with E-state index >= 15 is 0 Å². The van der Waals surface area contributed by atoms with Gasteiger partial charge in [0.2, 0.25) is 5.01 Å². The first-order valence-electron chi connectivity index (χ1n) is 3.89. The third-order valence-electron chi connectivity index (χ3n) is 1.30. The molecule has 0 aromatic carbocycles. The Morgan fingerprint density at radius 3 is 2.92 bits per heavy atom. The van der Waals surface area contributed by atoms with Crippen molar-refractivity contribution in [3.05, 3.63) is 16.1 Å². The van der Waals surface area contributed by atoms with Gasteiger partial charge in [-0.2, -0.15) is 0 Å². The summed E-state index contributed by atoms with van der Waals surface area (Å²) in [6.07, 6.45) is 1.69. The smallest absolute Gasteiger partial charge is 0.365 e. The fourth-order valence-electron chi connectivity index (χ4n) is 0.722. The van der Waals surface area contributed by atoms with Crippen LogP contribution < -0.4 is 0 Å².